The standard InChI is InChI=1S/C14H15F7N2.2ClH/c15-9-1-2-11(14(19,20)21)10(7-9)12(8-13(16,17)18)23-5-3-22-4-6-23;;/h1-2,7,12,22H,3-6,8H2;2*1H/t12-;;/m1../s1. The van der Waals surface area contributed by atoms with Crippen molar-refractivity contribution in [2.24, 2.45) is 0 Å². The molecule has 0 unspecified atom stereocenters. The zero-order valence-electron chi connectivity index (χ0n) is 12.8. The van der Waals surface area contributed by atoms with Gasteiger partial charge in [-0.1, -0.05) is 0 Å². The number of hydrogen-bond acceptors (Lipinski definition) is 2. The Morgan fingerprint density at radius 2 is 1.56 bits per heavy atom. The van der Waals surface area contributed by atoms with Crippen LogP contribution in [0.15, 0.2) is 18.2 Å². The highest BCUT2D eigenvalue weighted by Crippen LogP contribution is 2.41. The second kappa shape index (κ2) is 9.25. The van der Waals surface area contributed by atoms with Crippen molar-refractivity contribution in [2.45, 2.75) is 24.8 Å². The van der Waals surface area contributed by atoms with Gasteiger partial charge in [0.1, 0.15) is 5.82 Å². The Bertz CT molecular complexity index is 543. The van der Waals surface area contributed by atoms with Gasteiger partial charge in [0.25, 0.3) is 0 Å². The lowest BCUT2D eigenvalue weighted by Crippen LogP contribution is -2.46. The van der Waals surface area contributed by atoms with Crippen LogP contribution in [0, 0.1) is 5.82 Å². The molecular formula is C14H17Cl2F7N2. The van der Waals surface area contributed by atoms with Gasteiger partial charge >= 0.3 is 12.4 Å². The minimum atomic E-state index is -4.85. The zero-order valence-corrected chi connectivity index (χ0v) is 14.4. The summed E-state index contributed by atoms with van der Waals surface area (Å²) in [6, 6.07) is 0.0936. The summed E-state index contributed by atoms with van der Waals surface area (Å²) in [6.45, 7) is 1.05. The monoisotopic (exact) mass is 416 g/mol. The minimum Gasteiger partial charge on any atom is -0.314 e. The van der Waals surface area contributed by atoms with E-state index in [2.05, 4.69) is 5.32 Å². The number of alkyl halides is 6. The Kier molecular flexibility index (Phi) is 8.96. The fourth-order valence-corrected chi connectivity index (χ4v) is 2.72. The summed E-state index contributed by atoms with van der Waals surface area (Å²) >= 11 is 0. The van der Waals surface area contributed by atoms with Gasteiger partial charge in [0, 0.05) is 32.2 Å². The van der Waals surface area contributed by atoms with E-state index in [0.29, 0.717) is 31.3 Å². The van der Waals surface area contributed by atoms with E-state index < -0.39 is 41.8 Å². The lowest BCUT2D eigenvalue weighted by Gasteiger charge is -2.36. The molecule has 1 aliphatic heterocycles. The number of nitrogens with zero attached hydrogens (tertiary/aromatic N) is 1. The average molecular weight is 417 g/mol. The molecule has 1 heterocycles. The van der Waals surface area contributed by atoms with Crippen molar-refractivity contribution in [3.05, 3.63) is 35.1 Å². The number of benzene rings is 1. The van der Waals surface area contributed by atoms with Crippen molar-refractivity contribution in [3.63, 3.8) is 0 Å². The number of hydrogen-bond donors (Lipinski definition) is 1. The lowest BCUT2D eigenvalue weighted by molar-refractivity contribution is -0.153. The molecule has 2 nitrogen and oxygen atoms in total. The molecule has 1 atom stereocenters. The molecule has 2 rings (SSSR count). The first kappa shape index (κ1) is 24.2. The molecule has 0 aromatic heterocycles. The lowest BCUT2D eigenvalue weighted by atomic mass is 9.95. The van der Waals surface area contributed by atoms with Crippen LogP contribution in [0.2, 0.25) is 0 Å². The van der Waals surface area contributed by atoms with Crippen molar-refractivity contribution in [1.82, 2.24) is 10.2 Å². The van der Waals surface area contributed by atoms with Crippen molar-refractivity contribution in [3.8, 4) is 0 Å². The molecule has 0 radical (unpaired) electrons. The summed E-state index contributed by atoms with van der Waals surface area (Å²) in [5.74, 6) is -0.990. The van der Waals surface area contributed by atoms with Crippen LogP contribution in [0.4, 0.5) is 30.7 Å². The van der Waals surface area contributed by atoms with Crippen LogP contribution in [0.25, 0.3) is 0 Å². The van der Waals surface area contributed by atoms with E-state index in [1.54, 1.807) is 0 Å². The van der Waals surface area contributed by atoms with E-state index in [1.807, 2.05) is 0 Å². The SMILES string of the molecule is Cl.Cl.Fc1ccc(C(F)(F)F)c([C@@H](CC(F)(F)F)N2CCNCC2)c1. The van der Waals surface area contributed by atoms with Gasteiger partial charge < -0.3 is 5.32 Å². The number of nitrogens with one attached hydrogen (secondary N) is 1. The van der Waals surface area contributed by atoms with Crippen molar-refractivity contribution in [1.29, 1.82) is 0 Å². The Morgan fingerprint density at radius 3 is 2.04 bits per heavy atom. The van der Waals surface area contributed by atoms with Crippen molar-refractivity contribution < 1.29 is 30.7 Å². The summed E-state index contributed by atoms with van der Waals surface area (Å²) < 4.78 is 91.3. The molecule has 25 heavy (non-hydrogen) atoms. The number of piperazine rings is 1. The van der Waals surface area contributed by atoms with Crippen LogP contribution >= 0.6 is 24.8 Å². The molecule has 1 aromatic carbocycles. The predicted molar refractivity (Wildman–Crippen MR) is 83.8 cm³/mol. The van der Waals surface area contributed by atoms with Crippen molar-refractivity contribution in [2.75, 3.05) is 26.2 Å². The van der Waals surface area contributed by atoms with E-state index in [-0.39, 0.29) is 37.9 Å². The Labute approximate surface area is 152 Å². The maximum Gasteiger partial charge on any atom is 0.416 e. The summed E-state index contributed by atoms with van der Waals surface area (Å²) in [5, 5.41) is 2.92. The van der Waals surface area contributed by atoms with E-state index >= 15 is 0 Å². The second-order valence-corrected chi connectivity index (χ2v) is 5.35. The highest BCUT2D eigenvalue weighted by Gasteiger charge is 2.41. The van der Waals surface area contributed by atoms with Gasteiger partial charge in [0.2, 0.25) is 0 Å². The smallest absolute Gasteiger partial charge is 0.314 e. The van der Waals surface area contributed by atoms with Gasteiger partial charge in [0.15, 0.2) is 0 Å². The van der Waals surface area contributed by atoms with Crippen LogP contribution in [-0.2, 0) is 6.18 Å². The van der Waals surface area contributed by atoms with Crippen molar-refractivity contribution >= 4 is 24.8 Å². The molecule has 0 spiro atoms. The van der Waals surface area contributed by atoms with Crippen LogP contribution in [0.3, 0.4) is 0 Å². The minimum absolute atomic E-state index is 0. The largest absolute Gasteiger partial charge is 0.416 e. The summed E-state index contributed by atoms with van der Waals surface area (Å²) in [5.41, 5.74) is -1.90. The predicted octanol–water partition coefficient (Wildman–Crippen LogP) is 4.59. The van der Waals surface area contributed by atoms with E-state index in [1.165, 1.54) is 4.90 Å². The fraction of sp³-hybridized carbons (Fsp3) is 0.571. The van der Waals surface area contributed by atoms with Crippen LogP contribution < -0.4 is 5.32 Å². The topological polar surface area (TPSA) is 15.3 Å². The van der Waals surface area contributed by atoms with Gasteiger partial charge in [-0.3, -0.25) is 4.90 Å². The van der Waals surface area contributed by atoms with E-state index in [0.717, 1.165) is 0 Å². The number of rotatable bonds is 3. The first-order valence-corrected chi connectivity index (χ1v) is 6.96. The summed E-state index contributed by atoms with van der Waals surface area (Å²) in [7, 11) is 0. The quantitative estimate of drug-likeness (QED) is 0.725. The molecule has 1 saturated heterocycles. The van der Waals surface area contributed by atoms with E-state index in [4.69, 9.17) is 0 Å². The molecular weight excluding hydrogens is 400 g/mol. The second-order valence-electron chi connectivity index (χ2n) is 5.35. The molecule has 0 aliphatic carbocycles. The highest BCUT2D eigenvalue weighted by atomic mass is 35.5. The third-order valence-electron chi connectivity index (χ3n) is 3.70. The van der Waals surface area contributed by atoms with Gasteiger partial charge in [-0.2, -0.15) is 26.3 Å². The molecule has 1 aromatic rings. The number of halogens is 9. The molecule has 1 aliphatic rings. The third-order valence-corrected chi connectivity index (χ3v) is 3.70. The molecule has 1 N–H and O–H groups in total. The van der Waals surface area contributed by atoms with E-state index in [9.17, 15) is 30.7 Å². The summed E-state index contributed by atoms with van der Waals surface area (Å²) in [4.78, 5) is 1.31. The maximum absolute atomic E-state index is 13.4. The fourth-order valence-electron chi connectivity index (χ4n) is 2.72. The Balaban J connectivity index is 0.00000288. The molecule has 0 amide bonds. The van der Waals surface area contributed by atoms with Gasteiger partial charge in [-0.25, -0.2) is 4.39 Å². The first-order chi connectivity index (χ1) is 10.6. The Hall–Kier alpha value is -0.770. The molecule has 11 heteroatoms. The van der Waals surface area contributed by atoms with Crippen LogP contribution in [0.5, 0.6) is 0 Å². The molecule has 0 saturated carbocycles. The van der Waals surface area contributed by atoms with Gasteiger partial charge in [-0.15, -0.1) is 24.8 Å². The highest BCUT2D eigenvalue weighted by molar-refractivity contribution is 5.85. The molecule has 1 fully saturated rings. The van der Waals surface area contributed by atoms with Gasteiger partial charge in [0.05, 0.1) is 12.0 Å². The van der Waals surface area contributed by atoms with Gasteiger partial charge in [-0.05, 0) is 23.8 Å². The zero-order chi connectivity index (χ0) is 17.3. The maximum atomic E-state index is 13.4. The Morgan fingerprint density at radius 1 is 1.00 bits per heavy atom. The first-order valence-electron chi connectivity index (χ1n) is 6.96. The molecule has 146 valence electrons. The normalized spacial score (nSPS) is 17.4. The molecule has 0 bridgehead atoms. The van der Waals surface area contributed by atoms with Crippen LogP contribution in [-0.4, -0.2) is 37.3 Å². The third kappa shape index (κ3) is 6.80. The summed E-state index contributed by atoms with van der Waals surface area (Å²) in [6.07, 6.45) is -11.0. The average Bonchev–Trinajstić information content (AvgIpc) is 2.43. The van der Waals surface area contributed by atoms with Crippen LogP contribution in [0.1, 0.15) is 23.6 Å².